The maximum Gasteiger partial charge on any atom is 0.0645 e. The maximum atomic E-state index is 6.02. The van der Waals surface area contributed by atoms with Crippen molar-refractivity contribution in [3.63, 3.8) is 0 Å². The molecule has 1 aliphatic heterocycles. The van der Waals surface area contributed by atoms with Crippen LogP contribution in [-0.2, 0) is 4.74 Å². The van der Waals surface area contributed by atoms with Crippen LogP contribution in [0.3, 0.4) is 0 Å². The maximum absolute atomic E-state index is 6.02. The molecule has 1 aromatic heterocycles. The van der Waals surface area contributed by atoms with Gasteiger partial charge in [-0.1, -0.05) is 0 Å². The second-order valence-electron chi connectivity index (χ2n) is 5.36. The zero-order chi connectivity index (χ0) is 13.3. The normalized spacial score (nSPS) is 22.1. The fourth-order valence-electron chi connectivity index (χ4n) is 2.49. The Hall–Kier alpha value is 0.0600. The predicted octanol–water partition coefficient (Wildman–Crippen LogP) is 2.93. The van der Waals surface area contributed by atoms with Gasteiger partial charge >= 0.3 is 0 Å². The summed E-state index contributed by atoms with van der Waals surface area (Å²) in [6.45, 7) is 9.75. The van der Waals surface area contributed by atoms with Crippen molar-refractivity contribution in [2.75, 3.05) is 26.3 Å². The molecule has 0 spiro atoms. The molecule has 0 aliphatic carbocycles. The summed E-state index contributed by atoms with van der Waals surface area (Å²) in [5.74, 6) is 0. The van der Waals surface area contributed by atoms with E-state index in [0.717, 1.165) is 19.8 Å². The fourth-order valence-corrected chi connectivity index (χ4v) is 4.18. The number of hydrogen-bond acceptors (Lipinski definition) is 4. The Morgan fingerprint density at radius 3 is 2.83 bits per heavy atom. The molecule has 18 heavy (non-hydrogen) atoms. The summed E-state index contributed by atoms with van der Waals surface area (Å²) >= 11 is 5.42. The van der Waals surface area contributed by atoms with Gasteiger partial charge in [-0.15, -0.1) is 11.3 Å². The number of rotatable bonds is 3. The highest BCUT2D eigenvalue weighted by molar-refractivity contribution is 9.10. The van der Waals surface area contributed by atoms with E-state index in [9.17, 15) is 0 Å². The van der Waals surface area contributed by atoms with Crippen molar-refractivity contribution in [1.82, 2.24) is 4.90 Å². The summed E-state index contributed by atoms with van der Waals surface area (Å²) < 4.78 is 6.77. The average molecular weight is 333 g/mol. The van der Waals surface area contributed by atoms with Gasteiger partial charge in [-0.25, -0.2) is 0 Å². The first-order chi connectivity index (χ1) is 8.45. The second kappa shape index (κ2) is 5.59. The fraction of sp³-hybridized carbons (Fsp3) is 0.692. The van der Waals surface area contributed by atoms with E-state index >= 15 is 0 Å². The van der Waals surface area contributed by atoms with Crippen LogP contribution in [-0.4, -0.2) is 36.7 Å². The van der Waals surface area contributed by atoms with Gasteiger partial charge in [-0.2, -0.15) is 0 Å². The SMILES string of the molecule is Cc1sc(C(CN)N2CCOCC2(C)C)cc1Br. The summed E-state index contributed by atoms with van der Waals surface area (Å²) in [4.78, 5) is 5.14. The number of thiophene rings is 1. The molecule has 0 amide bonds. The summed E-state index contributed by atoms with van der Waals surface area (Å²) in [6, 6.07) is 2.50. The van der Waals surface area contributed by atoms with E-state index in [-0.39, 0.29) is 5.54 Å². The first kappa shape index (κ1) is 14.5. The van der Waals surface area contributed by atoms with Gasteiger partial charge < -0.3 is 10.5 Å². The van der Waals surface area contributed by atoms with Crippen LogP contribution < -0.4 is 5.73 Å². The van der Waals surface area contributed by atoms with Crippen LogP contribution in [0, 0.1) is 6.92 Å². The van der Waals surface area contributed by atoms with Gasteiger partial charge in [0.2, 0.25) is 0 Å². The largest absolute Gasteiger partial charge is 0.378 e. The molecule has 1 aromatic rings. The van der Waals surface area contributed by atoms with Gasteiger partial charge in [0, 0.05) is 32.9 Å². The van der Waals surface area contributed by atoms with Crippen molar-refractivity contribution in [3.8, 4) is 0 Å². The number of ether oxygens (including phenoxy) is 1. The lowest BCUT2D eigenvalue weighted by molar-refractivity contribution is -0.0706. The molecule has 102 valence electrons. The van der Waals surface area contributed by atoms with Crippen molar-refractivity contribution in [1.29, 1.82) is 0 Å². The van der Waals surface area contributed by atoms with E-state index < -0.39 is 0 Å². The van der Waals surface area contributed by atoms with Crippen LogP contribution in [0.1, 0.15) is 29.6 Å². The summed E-state index contributed by atoms with van der Waals surface area (Å²) in [7, 11) is 0. The second-order valence-corrected chi connectivity index (χ2v) is 7.51. The third-order valence-electron chi connectivity index (χ3n) is 3.51. The zero-order valence-electron chi connectivity index (χ0n) is 11.2. The molecule has 2 heterocycles. The summed E-state index contributed by atoms with van der Waals surface area (Å²) in [5, 5.41) is 0. The van der Waals surface area contributed by atoms with Crippen molar-refractivity contribution in [2.45, 2.75) is 32.4 Å². The number of aryl methyl sites for hydroxylation is 1. The van der Waals surface area contributed by atoms with Crippen molar-refractivity contribution < 1.29 is 4.74 Å². The lowest BCUT2D eigenvalue weighted by Gasteiger charge is -2.46. The third kappa shape index (κ3) is 2.80. The smallest absolute Gasteiger partial charge is 0.0645 e. The van der Waals surface area contributed by atoms with Crippen molar-refractivity contribution >= 4 is 27.3 Å². The van der Waals surface area contributed by atoms with Crippen LogP contribution in [0.25, 0.3) is 0 Å². The van der Waals surface area contributed by atoms with E-state index in [4.69, 9.17) is 10.5 Å². The minimum absolute atomic E-state index is 0.0483. The minimum Gasteiger partial charge on any atom is -0.378 e. The van der Waals surface area contributed by atoms with E-state index in [2.05, 4.69) is 47.7 Å². The Bertz CT molecular complexity index is 400. The molecule has 1 fully saturated rings. The van der Waals surface area contributed by atoms with Crippen LogP contribution in [0.15, 0.2) is 10.5 Å². The van der Waals surface area contributed by atoms with Gasteiger partial charge in [0.1, 0.15) is 0 Å². The van der Waals surface area contributed by atoms with E-state index in [1.54, 1.807) is 0 Å². The van der Waals surface area contributed by atoms with E-state index in [0.29, 0.717) is 12.6 Å². The van der Waals surface area contributed by atoms with Crippen LogP contribution in [0.5, 0.6) is 0 Å². The molecule has 0 radical (unpaired) electrons. The summed E-state index contributed by atoms with van der Waals surface area (Å²) in [6.07, 6.45) is 0. The standard InChI is InChI=1S/C13H21BrN2OS/c1-9-10(14)6-12(18-9)11(7-15)16-4-5-17-8-13(16,2)3/h6,11H,4-5,7-8,15H2,1-3H3. The molecule has 1 aliphatic rings. The number of hydrogen-bond donors (Lipinski definition) is 1. The lowest BCUT2D eigenvalue weighted by Crippen LogP contribution is -2.55. The molecule has 3 nitrogen and oxygen atoms in total. The molecule has 2 rings (SSSR count). The molecule has 5 heteroatoms. The van der Waals surface area contributed by atoms with Gasteiger partial charge in [-0.3, -0.25) is 4.90 Å². The molecular weight excluding hydrogens is 312 g/mol. The Kier molecular flexibility index (Phi) is 4.49. The molecule has 0 bridgehead atoms. The van der Waals surface area contributed by atoms with Crippen LogP contribution in [0.4, 0.5) is 0 Å². The van der Waals surface area contributed by atoms with Gasteiger partial charge in [0.25, 0.3) is 0 Å². The molecule has 2 N–H and O–H groups in total. The Labute approximate surface area is 121 Å². The van der Waals surface area contributed by atoms with Crippen LogP contribution >= 0.6 is 27.3 Å². The predicted molar refractivity (Wildman–Crippen MR) is 80.2 cm³/mol. The number of morpholine rings is 1. The number of nitrogens with zero attached hydrogens (tertiary/aromatic N) is 1. The highest BCUT2D eigenvalue weighted by Crippen LogP contribution is 2.36. The van der Waals surface area contributed by atoms with E-state index in [1.165, 1.54) is 14.2 Å². The highest BCUT2D eigenvalue weighted by Gasteiger charge is 2.36. The van der Waals surface area contributed by atoms with Crippen molar-refractivity contribution in [2.24, 2.45) is 5.73 Å². The molecule has 1 atom stereocenters. The van der Waals surface area contributed by atoms with E-state index in [1.807, 2.05) is 11.3 Å². The molecule has 1 unspecified atom stereocenters. The lowest BCUT2D eigenvalue weighted by atomic mass is 9.99. The topological polar surface area (TPSA) is 38.5 Å². The molecule has 1 saturated heterocycles. The Morgan fingerprint density at radius 1 is 1.61 bits per heavy atom. The van der Waals surface area contributed by atoms with Gasteiger partial charge in [-0.05, 0) is 42.8 Å². The Balaban J connectivity index is 2.27. The number of nitrogens with two attached hydrogens (primary N) is 1. The summed E-state index contributed by atoms with van der Waals surface area (Å²) in [5.41, 5.74) is 6.07. The quantitative estimate of drug-likeness (QED) is 0.924. The van der Waals surface area contributed by atoms with Gasteiger partial charge in [0.15, 0.2) is 0 Å². The first-order valence-electron chi connectivity index (χ1n) is 6.26. The Morgan fingerprint density at radius 2 is 2.33 bits per heavy atom. The first-order valence-corrected chi connectivity index (χ1v) is 7.87. The molecule has 0 saturated carbocycles. The molecular formula is C13H21BrN2OS. The zero-order valence-corrected chi connectivity index (χ0v) is 13.6. The molecule has 0 aromatic carbocycles. The van der Waals surface area contributed by atoms with Crippen LogP contribution in [0.2, 0.25) is 0 Å². The average Bonchev–Trinajstić information content (AvgIpc) is 2.62. The number of halogens is 1. The highest BCUT2D eigenvalue weighted by atomic mass is 79.9. The van der Waals surface area contributed by atoms with Crippen molar-refractivity contribution in [3.05, 3.63) is 20.3 Å². The monoisotopic (exact) mass is 332 g/mol. The minimum atomic E-state index is 0.0483. The van der Waals surface area contributed by atoms with Gasteiger partial charge in [0.05, 0.1) is 19.3 Å². The third-order valence-corrected chi connectivity index (χ3v) is 5.75.